The van der Waals surface area contributed by atoms with Gasteiger partial charge in [0.2, 0.25) is 0 Å². The Bertz CT molecular complexity index is 1370. The number of nitrogens with zero attached hydrogens (tertiary/aromatic N) is 1. The molecular weight excluding hydrogens is 559 g/mol. The molecule has 3 aromatic rings. The maximum absolute atomic E-state index is 13.0. The third-order valence-electron chi connectivity index (χ3n) is 5.85. The molecule has 0 fully saturated rings. The number of methoxy groups -OCH3 is 1. The van der Waals surface area contributed by atoms with Gasteiger partial charge in [0.1, 0.15) is 5.75 Å². The number of carboxylic acid groups (broad SMARTS) is 1. The van der Waals surface area contributed by atoms with Crippen LogP contribution in [0.2, 0.25) is 10.0 Å². The number of aliphatic carboxylic acids is 1. The molecule has 0 bridgehead atoms. The Morgan fingerprint density at radius 2 is 1.87 bits per heavy atom. The van der Waals surface area contributed by atoms with Crippen molar-refractivity contribution < 1.29 is 24.2 Å². The fourth-order valence-electron chi connectivity index (χ4n) is 3.99. The molecule has 0 radical (unpaired) electrons. The summed E-state index contributed by atoms with van der Waals surface area (Å²) in [5.41, 5.74) is 2.82. The number of benzene rings is 2. The van der Waals surface area contributed by atoms with Crippen LogP contribution in [0.4, 0.5) is 5.13 Å². The first kappa shape index (κ1) is 30.6. The normalized spacial score (nSPS) is 12.8. The average molecular weight is 592 g/mol. The minimum Gasteiger partial charge on any atom is -0.496 e. The molecule has 0 spiro atoms. The minimum atomic E-state index is -1.09. The lowest BCUT2D eigenvalue weighted by atomic mass is 9.83. The van der Waals surface area contributed by atoms with E-state index < -0.39 is 11.9 Å². The summed E-state index contributed by atoms with van der Waals surface area (Å²) in [6, 6.07) is 8.76. The van der Waals surface area contributed by atoms with E-state index in [1.807, 2.05) is 23.6 Å². The highest BCUT2D eigenvalue weighted by atomic mass is 35.5. The molecule has 208 valence electrons. The van der Waals surface area contributed by atoms with E-state index in [1.165, 1.54) is 36.5 Å². The highest BCUT2D eigenvalue weighted by Gasteiger charge is 2.31. The number of carbonyl (C=O) groups excluding carboxylic acids is 1. The number of amides is 1. The van der Waals surface area contributed by atoms with Crippen molar-refractivity contribution in [2.24, 2.45) is 5.41 Å². The largest absolute Gasteiger partial charge is 0.496 e. The first-order chi connectivity index (χ1) is 18.4. The Hall–Kier alpha value is -2.91. The second kappa shape index (κ2) is 13.0. The monoisotopic (exact) mass is 590 g/mol. The molecule has 7 nitrogen and oxygen atoms in total. The van der Waals surface area contributed by atoms with Crippen LogP contribution in [0.5, 0.6) is 5.75 Å². The molecule has 1 amide bonds. The van der Waals surface area contributed by atoms with Gasteiger partial charge in [-0.25, -0.2) is 9.78 Å². The molecule has 0 saturated carbocycles. The number of thiazole rings is 1. The SMILES string of the molecule is CCCO[C@H](c1cccc(-c2csc(NC(=O)c3cc(Cl)c(C=C(C)C(=O)O)c(Cl)c3)n2)c1OC)C(C)(C)C. The fourth-order valence-corrected chi connectivity index (χ4v) is 5.29. The van der Waals surface area contributed by atoms with Crippen molar-refractivity contribution in [2.75, 3.05) is 19.0 Å². The molecule has 39 heavy (non-hydrogen) atoms. The number of carbonyl (C=O) groups is 2. The zero-order valence-corrected chi connectivity index (χ0v) is 25.1. The molecule has 1 atom stereocenters. The first-order valence-corrected chi connectivity index (χ1v) is 14.0. The summed E-state index contributed by atoms with van der Waals surface area (Å²) < 4.78 is 12.1. The Morgan fingerprint density at radius 1 is 1.21 bits per heavy atom. The number of hydrogen-bond acceptors (Lipinski definition) is 6. The van der Waals surface area contributed by atoms with Gasteiger partial charge in [0, 0.05) is 39.8 Å². The summed E-state index contributed by atoms with van der Waals surface area (Å²) in [5.74, 6) is -0.865. The molecule has 3 rings (SSSR count). The van der Waals surface area contributed by atoms with Gasteiger partial charge >= 0.3 is 5.97 Å². The lowest BCUT2D eigenvalue weighted by Crippen LogP contribution is -2.22. The highest BCUT2D eigenvalue weighted by molar-refractivity contribution is 7.14. The smallest absolute Gasteiger partial charge is 0.331 e. The van der Waals surface area contributed by atoms with Crippen LogP contribution in [0.25, 0.3) is 17.3 Å². The minimum absolute atomic E-state index is 0.0663. The topological polar surface area (TPSA) is 97.8 Å². The van der Waals surface area contributed by atoms with Crippen molar-refractivity contribution in [3.8, 4) is 17.0 Å². The fraction of sp³-hybridized carbons (Fsp3) is 0.345. The second-order valence-corrected chi connectivity index (χ2v) is 11.7. The van der Waals surface area contributed by atoms with Crippen LogP contribution in [0.3, 0.4) is 0 Å². The molecule has 0 aliphatic rings. The van der Waals surface area contributed by atoms with Gasteiger partial charge in [-0.05, 0) is 43.0 Å². The van der Waals surface area contributed by atoms with Crippen molar-refractivity contribution in [2.45, 2.75) is 47.1 Å². The number of nitrogens with one attached hydrogen (secondary N) is 1. The van der Waals surface area contributed by atoms with E-state index in [9.17, 15) is 9.59 Å². The van der Waals surface area contributed by atoms with E-state index in [4.69, 9.17) is 37.8 Å². The van der Waals surface area contributed by atoms with Crippen molar-refractivity contribution in [3.05, 3.63) is 68.0 Å². The van der Waals surface area contributed by atoms with Gasteiger partial charge in [-0.3, -0.25) is 10.1 Å². The van der Waals surface area contributed by atoms with Crippen molar-refractivity contribution >= 4 is 57.6 Å². The number of rotatable bonds is 10. The van der Waals surface area contributed by atoms with E-state index in [0.29, 0.717) is 28.7 Å². The quantitative estimate of drug-likeness (QED) is 0.230. The van der Waals surface area contributed by atoms with E-state index in [-0.39, 0.29) is 32.7 Å². The Balaban J connectivity index is 1.89. The number of hydrogen-bond donors (Lipinski definition) is 2. The van der Waals surface area contributed by atoms with Gasteiger partial charge in [-0.1, -0.05) is 63.0 Å². The standard InChI is InChI=1S/C29H32Cl2N2O5S/c1-7-11-38-25(29(3,4)5)19-10-8-9-18(24(19)37-6)23-15-39-28(32-23)33-26(34)17-13-21(30)20(22(31)14-17)12-16(2)27(35)36/h8-10,12-15,25H,7,11H2,1-6H3,(H,35,36)(H,32,33,34)/t25-/m1/s1. The molecule has 0 saturated heterocycles. The molecule has 0 aliphatic carbocycles. The first-order valence-electron chi connectivity index (χ1n) is 12.3. The zero-order valence-electron chi connectivity index (χ0n) is 22.7. The maximum atomic E-state index is 13.0. The number of carboxylic acids is 1. The molecule has 0 unspecified atom stereocenters. The van der Waals surface area contributed by atoms with Crippen molar-refractivity contribution in [1.29, 1.82) is 0 Å². The van der Waals surface area contributed by atoms with Crippen LogP contribution in [-0.2, 0) is 9.53 Å². The van der Waals surface area contributed by atoms with Gasteiger partial charge < -0.3 is 14.6 Å². The summed E-state index contributed by atoms with van der Waals surface area (Å²) >= 11 is 13.9. The summed E-state index contributed by atoms with van der Waals surface area (Å²) in [5, 5.41) is 14.5. The third kappa shape index (κ3) is 7.39. The highest BCUT2D eigenvalue weighted by Crippen LogP contribution is 2.44. The van der Waals surface area contributed by atoms with Gasteiger partial charge in [-0.15, -0.1) is 11.3 Å². The molecular formula is C29H32Cl2N2O5S. The van der Waals surface area contributed by atoms with Crippen LogP contribution in [0.15, 0.2) is 41.3 Å². The number of aromatic nitrogens is 1. The summed E-state index contributed by atoms with van der Waals surface area (Å²) in [4.78, 5) is 28.7. The van der Waals surface area contributed by atoms with E-state index in [2.05, 4.69) is 38.0 Å². The predicted octanol–water partition coefficient (Wildman–Crippen LogP) is 8.38. The summed E-state index contributed by atoms with van der Waals surface area (Å²) in [6.45, 7) is 10.5. The van der Waals surface area contributed by atoms with Gasteiger partial charge in [0.15, 0.2) is 5.13 Å². The third-order valence-corrected chi connectivity index (χ3v) is 7.23. The summed E-state index contributed by atoms with van der Waals surface area (Å²) in [6.07, 6.45) is 2.08. The number of anilines is 1. The number of halogens is 2. The molecule has 1 aromatic heterocycles. The number of para-hydroxylation sites is 1. The summed E-state index contributed by atoms with van der Waals surface area (Å²) in [7, 11) is 1.63. The van der Waals surface area contributed by atoms with E-state index in [1.54, 1.807) is 7.11 Å². The number of ether oxygens (including phenoxy) is 2. The van der Waals surface area contributed by atoms with Crippen LogP contribution in [0, 0.1) is 5.41 Å². The maximum Gasteiger partial charge on any atom is 0.331 e. The van der Waals surface area contributed by atoms with Crippen molar-refractivity contribution in [3.63, 3.8) is 0 Å². The van der Waals surface area contributed by atoms with Gasteiger partial charge in [0.25, 0.3) is 5.91 Å². The lowest BCUT2D eigenvalue weighted by molar-refractivity contribution is -0.132. The van der Waals surface area contributed by atoms with E-state index in [0.717, 1.165) is 17.5 Å². The second-order valence-electron chi connectivity index (χ2n) is 10.0. The van der Waals surface area contributed by atoms with E-state index >= 15 is 0 Å². The molecule has 1 heterocycles. The van der Waals surface area contributed by atoms with Crippen molar-refractivity contribution in [1.82, 2.24) is 4.98 Å². The Morgan fingerprint density at radius 3 is 2.44 bits per heavy atom. The van der Waals surface area contributed by atoms with Crippen LogP contribution in [-0.4, -0.2) is 35.7 Å². The molecule has 2 N–H and O–H groups in total. The Kier molecular flexibility index (Phi) is 10.2. The van der Waals surface area contributed by atoms with Gasteiger partial charge in [-0.2, -0.15) is 0 Å². The molecule has 0 aliphatic heterocycles. The van der Waals surface area contributed by atoms with Crippen LogP contribution >= 0.6 is 34.5 Å². The lowest BCUT2D eigenvalue weighted by Gasteiger charge is -2.32. The molecule has 2 aromatic carbocycles. The van der Waals surface area contributed by atoms with Crippen LogP contribution < -0.4 is 10.1 Å². The zero-order chi connectivity index (χ0) is 28.9. The van der Waals surface area contributed by atoms with Gasteiger partial charge in [0.05, 0.1) is 29.0 Å². The average Bonchev–Trinajstić information content (AvgIpc) is 3.33. The van der Waals surface area contributed by atoms with Crippen LogP contribution in [0.1, 0.15) is 68.6 Å². The Labute approximate surface area is 242 Å². The predicted molar refractivity (Wildman–Crippen MR) is 158 cm³/mol. The molecule has 10 heteroatoms.